The van der Waals surface area contributed by atoms with Gasteiger partial charge in [0.1, 0.15) is 0 Å². The second-order valence-corrected chi connectivity index (χ2v) is 8.33. The molecule has 0 amide bonds. The van der Waals surface area contributed by atoms with Crippen LogP contribution in [0.25, 0.3) is 5.57 Å². The van der Waals surface area contributed by atoms with E-state index in [9.17, 15) is 9.59 Å². The Hall–Kier alpha value is -3.26. The third-order valence-electron chi connectivity index (χ3n) is 5.62. The maximum atomic E-state index is 13.0. The quantitative estimate of drug-likeness (QED) is 0.261. The van der Waals surface area contributed by atoms with Crippen LogP contribution in [0.4, 0.5) is 0 Å². The molecule has 2 nitrogen and oxygen atoms in total. The molecule has 0 saturated carbocycles. The molecule has 2 heteroatoms. The molecule has 0 aromatic heterocycles. The highest BCUT2D eigenvalue weighted by atomic mass is 16.1. The van der Waals surface area contributed by atoms with Gasteiger partial charge in [0.25, 0.3) is 0 Å². The first-order valence-electron chi connectivity index (χ1n) is 11.9. The summed E-state index contributed by atoms with van der Waals surface area (Å²) in [6.07, 6.45) is 2.73. The minimum atomic E-state index is -0.0822. The number of allylic oxidation sites excluding steroid dienone is 2. The largest absolute Gasteiger partial charge is 0.294 e. The fraction of sp³-hybridized carbons (Fsp3) is 0.290. The SMILES string of the molecule is CC.CCc1ccc(C(=O)/C=C(/CC(=O)c2ccc(C(C)C)cc2)c2ccc(C)cc2)cc1. The van der Waals surface area contributed by atoms with Crippen molar-refractivity contribution in [3.8, 4) is 0 Å². The molecular weight excluding hydrogens is 404 g/mol. The van der Waals surface area contributed by atoms with Crippen molar-refractivity contribution in [1.29, 1.82) is 0 Å². The zero-order valence-electron chi connectivity index (χ0n) is 20.8. The lowest BCUT2D eigenvalue weighted by Crippen LogP contribution is -2.04. The molecule has 0 N–H and O–H groups in total. The van der Waals surface area contributed by atoms with E-state index in [0.717, 1.165) is 23.1 Å². The van der Waals surface area contributed by atoms with Crippen LogP contribution in [0.3, 0.4) is 0 Å². The predicted octanol–water partition coefficient (Wildman–Crippen LogP) is 8.25. The summed E-state index contributed by atoms with van der Waals surface area (Å²) in [6, 6.07) is 23.4. The Morgan fingerprint density at radius 2 is 1.27 bits per heavy atom. The molecule has 3 aromatic rings. The molecule has 0 fully saturated rings. The van der Waals surface area contributed by atoms with Crippen molar-refractivity contribution in [3.63, 3.8) is 0 Å². The summed E-state index contributed by atoms with van der Waals surface area (Å²) in [5, 5.41) is 0. The normalized spacial score (nSPS) is 11.1. The number of hydrogen-bond donors (Lipinski definition) is 0. The number of ketones is 2. The van der Waals surface area contributed by atoms with E-state index < -0.39 is 0 Å². The Kier molecular flexibility index (Phi) is 10.00. The monoisotopic (exact) mass is 440 g/mol. The van der Waals surface area contributed by atoms with Crippen LogP contribution in [0, 0.1) is 6.92 Å². The van der Waals surface area contributed by atoms with Crippen LogP contribution in [0.15, 0.2) is 78.9 Å². The molecule has 0 saturated heterocycles. The van der Waals surface area contributed by atoms with Crippen LogP contribution in [0.2, 0.25) is 0 Å². The highest BCUT2D eigenvalue weighted by molar-refractivity contribution is 6.11. The second kappa shape index (κ2) is 12.7. The zero-order valence-corrected chi connectivity index (χ0v) is 20.8. The molecule has 3 aromatic carbocycles. The maximum Gasteiger partial charge on any atom is 0.186 e. The van der Waals surface area contributed by atoms with Crippen molar-refractivity contribution < 1.29 is 9.59 Å². The fourth-order valence-electron chi connectivity index (χ4n) is 3.48. The first-order valence-corrected chi connectivity index (χ1v) is 11.9. The summed E-state index contributed by atoms with van der Waals surface area (Å²) in [5.41, 5.74) is 6.48. The summed E-state index contributed by atoms with van der Waals surface area (Å²) < 4.78 is 0. The van der Waals surface area contributed by atoms with Gasteiger partial charge in [-0.25, -0.2) is 0 Å². The number of carbonyl (C=O) groups excluding carboxylic acids is 2. The van der Waals surface area contributed by atoms with E-state index >= 15 is 0 Å². The summed E-state index contributed by atoms with van der Waals surface area (Å²) in [4.78, 5) is 26.0. The maximum absolute atomic E-state index is 13.0. The number of carbonyl (C=O) groups is 2. The number of Topliss-reactive ketones (excluding diaryl/α,β-unsaturated/α-hetero) is 1. The number of rotatable bonds is 8. The average molecular weight is 441 g/mol. The van der Waals surface area contributed by atoms with Crippen LogP contribution in [-0.2, 0) is 6.42 Å². The van der Waals surface area contributed by atoms with E-state index in [1.165, 1.54) is 11.1 Å². The second-order valence-electron chi connectivity index (χ2n) is 8.33. The Bertz CT molecular complexity index is 1070. The van der Waals surface area contributed by atoms with Crippen LogP contribution in [0.5, 0.6) is 0 Å². The molecular formula is C31H36O2. The Morgan fingerprint density at radius 1 is 0.758 bits per heavy atom. The molecule has 0 aliphatic heterocycles. The lowest BCUT2D eigenvalue weighted by Gasteiger charge is -2.10. The van der Waals surface area contributed by atoms with Crippen molar-refractivity contribution in [1.82, 2.24) is 0 Å². The fourth-order valence-corrected chi connectivity index (χ4v) is 3.48. The van der Waals surface area contributed by atoms with Crippen LogP contribution in [-0.4, -0.2) is 11.6 Å². The number of hydrogen-bond acceptors (Lipinski definition) is 2. The minimum absolute atomic E-state index is 0.0104. The van der Waals surface area contributed by atoms with Gasteiger partial charge >= 0.3 is 0 Å². The molecule has 0 atom stereocenters. The van der Waals surface area contributed by atoms with Crippen molar-refractivity contribution in [3.05, 3.63) is 112 Å². The third-order valence-corrected chi connectivity index (χ3v) is 5.62. The Morgan fingerprint density at radius 3 is 1.79 bits per heavy atom. The first-order chi connectivity index (χ1) is 15.9. The van der Waals surface area contributed by atoms with Gasteiger partial charge in [-0.1, -0.05) is 113 Å². The van der Waals surface area contributed by atoms with Crippen LogP contribution >= 0.6 is 0 Å². The Labute approximate surface area is 199 Å². The summed E-state index contributed by atoms with van der Waals surface area (Å²) in [5.74, 6) is 0.348. The first kappa shape index (κ1) is 26.0. The smallest absolute Gasteiger partial charge is 0.186 e. The highest BCUT2D eigenvalue weighted by Crippen LogP contribution is 2.24. The molecule has 0 unspecified atom stereocenters. The molecule has 3 rings (SSSR count). The number of benzene rings is 3. The van der Waals surface area contributed by atoms with E-state index in [-0.39, 0.29) is 18.0 Å². The molecule has 0 aliphatic carbocycles. The lowest BCUT2D eigenvalue weighted by molar-refractivity contribution is 0.0998. The molecule has 33 heavy (non-hydrogen) atoms. The highest BCUT2D eigenvalue weighted by Gasteiger charge is 2.14. The summed E-state index contributed by atoms with van der Waals surface area (Å²) >= 11 is 0. The molecule has 0 radical (unpaired) electrons. The van der Waals surface area contributed by atoms with Gasteiger partial charge in [-0.3, -0.25) is 9.59 Å². The van der Waals surface area contributed by atoms with Gasteiger partial charge < -0.3 is 0 Å². The molecule has 0 spiro atoms. The van der Waals surface area contributed by atoms with Crippen molar-refractivity contribution >= 4 is 17.1 Å². The van der Waals surface area contributed by atoms with Gasteiger partial charge in [0.05, 0.1) is 0 Å². The van der Waals surface area contributed by atoms with Crippen molar-refractivity contribution in [2.24, 2.45) is 0 Å². The van der Waals surface area contributed by atoms with Gasteiger partial charge in [-0.15, -0.1) is 0 Å². The van der Waals surface area contributed by atoms with E-state index in [2.05, 4.69) is 20.8 Å². The molecule has 0 heterocycles. The average Bonchev–Trinajstić information content (AvgIpc) is 2.85. The molecule has 172 valence electrons. The van der Waals surface area contributed by atoms with E-state index in [4.69, 9.17) is 0 Å². The van der Waals surface area contributed by atoms with Gasteiger partial charge in [0.15, 0.2) is 11.6 Å². The number of aryl methyl sites for hydroxylation is 2. The van der Waals surface area contributed by atoms with Gasteiger partial charge in [0.2, 0.25) is 0 Å². The van der Waals surface area contributed by atoms with E-state index in [1.807, 2.05) is 93.6 Å². The summed E-state index contributed by atoms with van der Waals surface area (Å²) in [6.45, 7) is 12.4. The topological polar surface area (TPSA) is 34.1 Å². The van der Waals surface area contributed by atoms with Crippen LogP contribution < -0.4 is 0 Å². The standard InChI is InChI=1S/C29H30O2.C2H6/c1-5-22-8-12-25(13-9-22)28(30)18-27(24-10-6-21(4)7-11-24)19-29(31)26-16-14-23(15-17-26)20(2)3;1-2/h6-18,20H,5,19H2,1-4H3;1-2H3/b27-18-;. The van der Waals surface area contributed by atoms with Crippen molar-refractivity contribution in [2.75, 3.05) is 0 Å². The van der Waals surface area contributed by atoms with E-state index in [1.54, 1.807) is 6.08 Å². The summed E-state index contributed by atoms with van der Waals surface area (Å²) in [7, 11) is 0. The Balaban J connectivity index is 0.00000187. The van der Waals surface area contributed by atoms with Gasteiger partial charge in [-0.05, 0) is 47.6 Å². The molecule has 0 aliphatic rings. The minimum Gasteiger partial charge on any atom is -0.294 e. The van der Waals surface area contributed by atoms with Crippen LogP contribution in [0.1, 0.15) is 89.9 Å². The van der Waals surface area contributed by atoms with Crippen molar-refractivity contribution in [2.45, 2.75) is 60.3 Å². The predicted molar refractivity (Wildman–Crippen MR) is 140 cm³/mol. The van der Waals surface area contributed by atoms with Gasteiger partial charge in [-0.2, -0.15) is 0 Å². The van der Waals surface area contributed by atoms with Gasteiger partial charge in [0, 0.05) is 17.5 Å². The molecule has 0 bridgehead atoms. The van der Waals surface area contributed by atoms with E-state index in [0.29, 0.717) is 17.0 Å². The zero-order chi connectivity index (χ0) is 24.4. The third kappa shape index (κ3) is 7.39. The lowest BCUT2D eigenvalue weighted by atomic mass is 9.93.